The van der Waals surface area contributed by atoms with Crippen molar-refractivity contribution in [1.29, 1.82) is 0 Å². The lowest BCUT2D eigenvalue weighted by Gasteiger charge is -2.06. The smallest absolute Gasteiger partial charge is 0.313 e. The summed E-state index contributed by atoms with van der Waals surface area (Å²) in [5, 5.41) is 7.72. The minimum absolute atomic E-state index is 0.284. The van der Waals surface area contributed by atoms with E-state index in [1.54, 1.807) is 30.3 Å². The summed E-state index contributed by atoms with van der Waals surface area (Å²) in [6, 6.07) is 13.5. The highest BCUT2D eigenvalue weighted by atomic mass is 32.1. The van der Waals surface area contributed by atoms with E-state index in [2.05, 4.69) is 15.6 Å². The molecule has 27 heavy (non-hydrogen) atoms. The van der Waals surface area contributed by atoms with Gasteiger partial charge in [-0.25, -0.2) is 9.37 Å². The number of hydrogen-bond acceptors (Lipinski definition) is 4. The van der Waals surface area contributed by atoms with Gasteiger partial charge in [0.05, 0.1) is 5.69 Å². The van der Waals surface area contributed by atoms with Gasteiger partial charge in [-0.3, -0.25) is 9.59 Å². The van der Waals surface area contributed by atoms with Crippen molar-refractivity contribution < 1.29 is 14.0 Å². The third-order valence-corrected chi connectivity index (χ3v) is 4.71. The fourth-order valence-electron chi connectivity index (χ4n) is 2.47. The molecular weight excluding hydrogens is 365 g/mol. The van der Waals surface area contributed by atoms with Crippen LogP contribution in [0.2, 0.25) is 0 Å². The van der Waals surface area contributed by atoms with Gasteiger partial charge < -0.3 is 10.6 Å². The molecule has 0 aliphatic rings. The van der Waals surface area contributed by atoms with Crippen LogP contribution in [0.5, 0.6) is 0 Å². The largest absolute Gasteiger partial charge is 0.347 e. The number of aryl methyl sites for hydroxylation is 1. The lowest BCUT2D eigenvalue weighted by molar-refractivity contribution is -0.136. The number of anilines is 1. The van der Waals surface area contributed by atoms with Gasteiger partial charge in [0, 0.05) is 29.6 Å². The number of carbonyl (C=O) groups is 2. The van der Waals surface area contributed by atoms with Crippen LogP contribution in [0.4, 0.5) is 10.1 Å². The highest BCUT2D eigenvalue weighted by Gasteiger charge is 2.13. The quantitative estimate of drug-likeness (QED) is 0.662. The Labute approximate surface area is 160 Å². The number of benzene rings is 2. The molecule has 0 radical (unpaired) electrons. The fraction of sp³-hybridized carbons (Fsp3) is 0.150. The Morgan fingerprint density at radius 1 is 1.11 bits per heavy atom. The number of aromatic nitrogens is 1. The van der Waals surface area contributed by atoms with Crippen LogP contribution in [0.3, 0.4) is 0 Å². The lowest BCUT2D eigenvalue weighted by atomic mass is 10.2. The maximum absolute atomic E-state index is 13.3. The zero-order valence-corrected chi connectivity index (χ0v) is 15.5. The SMILES string of the molecule is Cc1cccc(NC(=O)C(=O)NCCc2csc(-c3cccc(F)c3)n2)c1. The second-order valence-electron chi connectivity index (χ2n) is 5.98. The second kappa shape index (κ2) is 8.55. The van der Waals surface area contributed by atoms with Crippen molar-refractivity contribution in [3.05, 3.63) is 71.0 Å². The Morgan fingerprint density at radius 3 is 2.70 bits per heavy atom. The fourth-order valence-corrected chi connectivity index (χ4v) is 3.32. The first kappa shape index (κ1) is 18.7. The van der Waals surface area contributed by atoms with Crippen molar-refractivity contribution in [2.45, 2.75) is 13.3 Å². The monoisotopic (exact) mass is 383 g/mol. The number of amides is 2. The molecule has 1 heterocycles. The second-order valence-corrected chi connectivity index (χ2v) is 6.84. The molecule has 5 nitrogen and oxygen atoms in total. The molecule has 0 aliphatic carbocycles. The highest BCUT2D eigenvalue weighted by molar-refractivity contribution is 7.13. The molecule has 0 atom stereocenters. The van der Waals surface area contributed by atoms with Gasteiger partial charge in [-0.1, -0.05) is 24.3 Å². The van der Waals surface area contributed by atoms with Crippen LogP contribution in [0.25, 0.3) is 10.6 Å². The van der Waals surface area contributed by atoms with Crippen LogP contribution in [-0.2, 0) is 16.0 Å². The van der Waals surface area contributed by atoms with Crippen LogP contribution in [0.15, 0.2) is 53.9 Å². The first-order valence-corrected chi connectivity index (χ1v) is 9.25. The summed E-state index contributed by atoms with van der Waals surface area (Å²) >= 11 is 1.41. The van der Waals surface area contributed by atoms with Gasteiger partial charge in [0.1, 0.15) is 10.8 Å². The van der Waals surface area contributed by atoms with Crippen LogP contribution >= 0.6 is 11.3 Å². The highest BCUT2D eigenvalue weighted by Crippen LogP contribution is 2.24. The third kappa shape index (κ3) is 5.21. The summed E-state index contributed by atoms with van der Waals surface area (Å²) in [5.41, 5.74) is 3.06. The molecule has 0 fully saturated rings. The van der Waals surface area contributed by atoms with Gasteiger partial charge in [-0.05, 0) is 36.8 Å². The van der Waals surface area contributed by atoms with E-state index in [1.165, 1.54) is 23.5 Å². The van der Waals surface area contributed by atoms with E-state index in [0.29, 0.717) is 22.7 Å². The first-order valence-electron chi connectivity index (χ1n) is 8.37. The average molecular weight is 383 g/mol. The number of hydrogen-bond donors (Lipinski definition) is 2. The molecule has 2 N–H and O–H groups in total. The normalized spacial score (nSPS) is 10.4. The standard InChI is InChI=1S/C20H18FN3O2S/c1-13-4-2-7-16(10-13)23-19(26)18(25)22-9-8-17-12-27-20(24-17)14-5-3-6-15(21)11-14/h2-7,10-12H,8-9H2,1H3,(H,22,25)(H,23,26). The van der Waals surface area contributed by atoms with E-state index in [4.69, 9.17) is 0 Å². The minimum atomic E-state index is -0.709. The molecule has 0 aliphatic heterocycles. The molecule has 2 aromatic carbocycles. The van der Waals surface area contributed by atoms with Crippen LogP contribution in [0.1, 0.15) is 11.3 Å². The van der Waals surface area contributed by atoms with E-state index in [0.717, 1.165) is 11.3 Å². The lowest BCUT2D eigenvalue weighted by Crippen LogP contribution is -2.36. The van der Waals surface area contributed by atoms with Gasteiger partial charge in [-0.15, -0.1) is 11.3 Å². The van der Waals surface area contributed by atoms with Crippen LogP contribution in [0, 0.1) is 12.7 Å². The van der Waals surface area contributed by atoms with Gasteiger partial charge >= 0.3 is 11.8 Å². The third-order valence-electron chi connectivity index (χ3n) is 3.77. The minimum Gasteiger partial charge on any atom is -0.347 e. The van der Waals surface area contributed by atoms with E-state index in [1.807, 2.05) is 18.4 Å². The summed E-state index contributed by atoms with van der Waals surface area (Å²) in [4.78, 5) is 28.3. The number of nitrogens with one attached hydrogen (secondary N) is 2. The van der Waals surface area contributed by atoms with Crippen LogP contribution < -0.4 is 10.6 Å². The van der Waals surface area contributed by atoms with E-state index in [9.17, 15) is 14.0 Å². The van der Waals surface area contributed by atoms with Crippen molar-refractivity contribution >= 4 is 28.8 Å². The summed E-state index contributed by atoms with van der Waals surface area (Å²) in [6.45, 7) is 2.19. The Morgan fingerprint density at radius 2 is 1.93 bits per heavy atom. The summed E-state index contributed by atoms with van der Waals surface area (Å²) < 4.78 is 13.3. The predicted octanol–water partition coefficient (Wildman–Crippen LogP) is 3.56. The van der Waals surface area contributed by atoms with E-state index < -0.39 is 11.8 Å². The molecule has 138 valence electrons. The maximum atomic E-state index is 13.3. The van der Waals surface area contributed by atoms with E-state index >= 15 is 0 Å². The number of thiazole rings is 1. The molecule has 1 aromatic heterocycles. The molecule has 0 unspecified atom stereocenters. The summed E-state index contributed by atoms with van der Waals surface area (Å²) in [5.74, 6) is -1.72. The van der Waals surface area contributed by atoms with Gasteiger partial charge in [0.2, 0.25) is 0 Å². The first-order chi connectivity index (χ1) is 13.0. The van der Waals surface area contributed by atoms with Crippen molar-refractivity contribution in [3.63, 3.8) is 0 Å². The molecule has 0 spiro atoms. The van der Waals surface area contributed by atoms with Crippen LogP contribution in [-0.4, -0.2) is 23.3 Å². The number of halogens is 1. The number of rotatable bonds is 5. The zero-order chi connectivity index (χ0) is 19.2. The van der Waals surface area contributed by atoms with Crippen molar-refractivity contribution in [2.75, 3.05) is 11.9 Å². The molecule has 2 amide bonds. The van der Waals surface area contributed by atoms with E-state index in [-0.39, 0.29) is 12.4 Å². The Bertz CT molecular complexity index is 971. The molecule has 0 bridgehead atoms. The predicted molar refractivity (Wildman–Crippen MR) is 104 cm³/mol. The van der Waals surface area contributed by atoms with Gasteiger partial charge in [-0.2, -0.15) is 0 Å². The van der Waals surface area contributed by atoms with Gasteiger partial charge in [0.25, 0.3) is 0 Å². The van der Waals surface area contributed by atoms with Gasteiger partial charge in [0.15, 0.2) is 0 Å². The summed E-state index contributed by atoms with van der Waals surface area (Å²) in [7, 11) is 0. The Kier molecular flexibility index (Phi) is 5.93. The maximum Gasteiger partial charge on any atom is 0.313 e. The number of carbonyl (C=O) groups excluding carboxylic acids is 2. The Balaban J connectivity index is 1.49. The van der Waals surface area contributed by atoms with Crippen molar-refractivity contribution in [1.82, 2.24) is 10.3 Å². The zero-order valence-electron chi connectivity index (χ0n) is 14.7. The molecule has 7 heteroatoms. The molecule has 3 aromatic rings. The Hall–Kier alpha value is -3.06. The topological polar surface area (TPSA) is 71.1 Å². The molecule has 0 saturated carbocycles. The molecule has 3 rings (SSSR count). The summed E-state index contributed by atoms with van der Waals surface area (Å²) in [6.07, 6.45) is 0.481. The average Bonchev–Trinajstić information content (AvgIpc) is 3.10. The molecule has 0 saturated heterocycles. The van der Waals surface area contributed by atoms with Crippen molar-refractivity contribution in [3.8, 4) is 10.6 Å². The van der Waals surface area contributed by atoms with Crippen molar-refractivity contribution in [2.24, 2.45) is 0 Å². The molecular formula is C20H18FN3O2S. The number of nitrogens with zero attached hydrogens (tertiary/aromatic N) is 1.